The molecule has 1 aromatic carbocycles. The number of benzene rings is 1. The summed E-state index contributed by atoms with van der Waals surface area (Å²) in [4.78, 5) is 12.1. The van der Waals surface area contributed by atoms with Gasteiger partial charge in [-0.25, -0.2) is 0 Å². The van der Waals surface area contributed by atoms with E-state index in [1.807, 2.05) is 27.7 Å². The zero-order valence-electron chi connectivity index (χ0n) is 12.1. The minimum Gasteiger partial charge on any atom is -0.399 e. The van der Waals surface area contributed by atoms with E-state index in [9.17, 15) is 9.00 Å². The lowest BCUT2D eigenvalue weighted by atomic mass is 10.2. The van der Waals surface area contributed by atoms with E-state index in [2.05, 4.69) is 5.32 Å². The monoisotopic (exact) mass is 282 g/mol. The van der Waals surface area contributed by atoms with Gasteiger partial charge in [-0.3, -0.25) is 9.00 Å². The van der Waals surface area contributed by atoms with Gasteiger partial charge in [0.25, 0.3) is 0 Å². The maximum absolute atomic E-state index is 12.2. The van der Waals surface area contributed by atoms with Gasteiger partial charge in [-0.15, -0.1) is 0 Å². The molecule has 0 spiro atoms. The van der Waals surface area contributed by atoms with Gasteiger partial charge in [0.05, 0.1) is 0 Å². The molecule has 1 amide bonds. The Morgan fingerprint density at radius 3 is 2.42 bits per heavy atom. The second kappa shape index (κ2) is 5.74. The lowest BCUT2D eigenvalue weighted by Crippen LogP contribution is -2.37. The van der Waals surface area contributed by atoms with E-state index in [4.69, 9.17) is 5.73 Å². The van der Waals surface area contributed by atoms with Crippen LogP contribution in [-0.2, 0) is 15.6 Å². The van der Waals surface area contributed by atoms with Gasteiger partial charge >= 0.3 is 0 Å². The van der Waals surface area contributed by atoms with Gasteiger partial charge in [0.15, 0.2) is 0 Å². The van der Waals surface area contributed by atoms with E-state index < -0.39 is 20.8 Å². The lowest BCUT2D eigenvalue weighted by Gasteiger charge is -2.22. The highest BCUT2D eigenvalue weighted by molar-refractivity contribution is 7.87. The molecule has 0 saturated heterocycles. The van der Waals surface area contributed by atoms with Crippen LogP contribution in [0.1, 0.15) is 33.3 Å². The van der Waals surface area contributed by atoms with E-state index in [-0.39, 0.29) is 5.91 Å². The third-order valence-electron chi connectivity index (χ3n) is 2.80. The molecule has 2 atom stereocenters. The number of aryl methyl sites for hydroxylation is 1. The Hall–Kier alpha value is -1.36. The molecule has 5 heteroatoms. The standard InChI is InChI=1S/C14H22N2O2S/c1-9-8-11(15)6-7-12(9)16-13(17)10(2)19(18)14(3,4)5/h6-8,10H,15H2,1-5H3,(H,16,17). The summed E-state index contributed by atoms with van der Waals surface area (Å²) in [7, 11) is -1.23. The summed E-state index contributed by atoms with van der Waals surface area (Å²) in [5, 5.41) is 2.24. The molecule has 1 aromatic rings. The zero-order chi connectivity index (χ0) is 14.8. The maximum atomic E-state index is 12.2. The Morgan fingerprint density at radius 2 is 1.95 bits per heavy atom. The predicted molar refractivity (Wildman–Crippen MR) is 81.6 cm³/mol. The molecule has 1 rings (SSSR count). The van der Waals surface area contributed by atoms with Gasteiger partial charge < -0.3 is 11.1 Å². The van der Waals surface area contributed by atoms with Crippen molar-refractivity contribution >= 4 is 28.1 Å². The molecule has 0 aliphatic rings. The smallest absolute Gasteiger partial charge is 0.239 e. The molecule has 0 aromatic heterocycles. The fraction of sp³-hybridized carbons (Fsp3) is 0.500. The van der Waals surface area contributed by atoms with Crippen molar-refractivity contribution in [1.29, 1.82) is 0 Å². The average molecular weight is 282 g/mol. The highest BCUT2D eigenvalue weighted by Crippen LogP contribution is 2.20. The van der Waals surface area contributed by atoms with Crippen molar-refractivity contribution in [3.05, 3.63) is 23.8 Å². The molecule has 0 aliphatic heterocycles. The molecule has 19 heavy (non-hydrogen) atoms. The van der Waals surface area contributed by atoms with E-state index in [1.54, 1.807) is 25.1 Å². The molecule has 0 radical (unpaired) electrons. The lowest BCUT2D eigenvalue weighted by molar-refractivity contribution is -0.115. The van der Waals surface area contributed by atoms with Crippen molar-refractivity contribution in [2.75, 3.05) is 11.1 Å². The van der Waals surface area contributed by atoms with Crippen molar-refractivity contribution < 1.29 is 9.00 Å². The summed E-state index contributed by atoms with van der Waals surface area (Å²) in [5.74, 6) is -0.235. The third kappa shape index (κ3) is 4.06. The topological polar surface area (TPSA) is 72.2 Å². The van der Waals surface area contributed by atoms with Crippen LogP contribution in [-0.4, -0.2) is 20.1 Å². The van der Waals surface area contributed by atoms with Crippen molar-refractivity contribution in [3.63, 3.8) is 0 Å². The van der Waals surface area contributed by atoms with Crippen molar-refractivity contribution in [2.45, 2.75) is 44.6 Å². The number of hydrogen-bond donors (Lipinski definition) is 2. The summed E-state index contributed by atoms with van der Waals surface area (Å²) in [6.07, 6.45) is 0. The van der Waals surface area contributed by atoms with Crippen LogP contribution in [0.15, 0.2) is 18.2 Å². The molecule has 0 aliphatic carbocycles. The summed E-state index contributed by atoms with van der Waals surface area (Å²) in [6, 6.07) is 5.28. The zero-order valence-corrected chi connectivity index (χ0v) is 12.9. The fourth-order valence-corrected chi connectivity index (χ4v) is 3.00. The molecular formula is C14H22N2O2S. The van der Waals surface area contributed by atoms with Crippen LogP contribution in [0.4, 0.5) is 11.4 Å². The molecule has 4 nitrogen and oxygen atoms in total. The van der Waals surface area contributed by atoms with E-state index in [0.717, 1.165) is 5.56 Å². The Balaban J connectivity index is 2.83. The quantitative estimate of drug-likeness (QED) is 0.836. The van der Waals surface area contributed by atoms with Gasteiger partial charge in [0.1, 0.15) is 5.25 Å². The average Bonchev–Trinajstić information content (AvgIpc) is 2.29. The van der Waals surface area contributed by atoms with Crippen LogP contribution in [0.2, 0.25) is 0 Å². The summed E-state index contributed by atoms with van der Waals surface area (Å²) in [5.41, 5.74) is 7.91. The highest BCUT2D eigenvalue weighted by atomic mass is 32.2. The molecule has 3 N–H and O–H groups in total. The van der Waals surface area contributed by atoms with Crippen LogP contribution >= 0.6 is 0 Å². The number of anilines is 2. The first-order valence-electron chi connectivity index (χ1n) is 6.20. The van der Waals surface area contributed by atoms with E-state index in [1.165, 1.54) is 0 Å². The summed E-state index contributed by atoms with van der Waals surface area (Å²) >= 11 is 0. The molecule has 0 heterocycles. The Bertz CT molecular complexity index is 507. The predicted octanol–water partition coefficient (Wildman–Crippen LogP) is 2.45. The van der Waals surface area contributed by atoms with Gasteiger partial charge in [0, 0.05) is 26.9 Å². The summed E-state index contributed by atoms with van der Waals surface area (Å²) in [6.45, 7) is 9.14. The van der Waals surface area contributed by atoms with Gasteiger partial charge in [-0.2, -0.15) is 0 Å². The summed E-state index contributed by atoms with van der Waals surface area (Å²) < 4.78 is 11.8. The second-order valence-corrected chi connectivity index (χ2v) is 8.14. The number of carbonyl (C=O) groups is 1. The first-order valence-corrected chi connectivity index (χ1v) is 7.42. The normalized spacial score (nSPS) is 14.8. The molecule has 2 unspecified atom stereocenters. The molecule has 0 fully saturated rings. The molecule has 0 bridgehead atoms. The Kier molecular flexibility index (Phi) is 4.74. The molecular weight excluding hydrogens is 260 g/mol. The Morgan fingerprint density at radius 1 is 1.37 bits per heavy atom. The number of carbonyl (C=O) groups excluding carboxylic acids is 1. The van der Waals surface area contributed by atoms with Crippen LogP contribution in [0.5, 0.6) is 0 Å². The van der Waals surface area contributed by atoms with Crippen molar-refractivity contribution in [2.24, 2.45) is 0 Å². The number of rotatable bonds is 3. The minimum atomic E-state index is -1.23. The van der Waals surface area contributed by atoms with Gasteiger partial charge in [-0.1, -0.05) is 0 Å². The van der Waals surface area contributed by atoms with E-state index >= 15 is 0 Å². The number of nitrogens with two attached hydrogens (primary N) is 1. The SMILES string of the molecule is Cc1cc(N)ccc1NC(=O)C(C)S(=O)C(C)(C)C. The van der Waals surface area contributed by atoms with Gasteiger partial charge in [0.2, 0.25) is 5.91 Å². The second-order valence-electron chi connectivity index (χ2n) is 5.62. The van der Waals surface area contributed by atoms with Gasteiger partial charge in [-0.05, 0) is 58.4 Å². The maximum Gasteiger partial charge on any atom is 0.239 e. The van der Waals surface area contributed by atoms with Crippen LogP contribution in [0.3, 0.4) is 0 Å². The fourth-order valence-electron chi connectivity index (χ4n) is 1.69. The van der Waals surface area contributed by atoms with Crippen LogP contribution < -0.4 is 11.1 Å². The molecule has 0 saturated carbocycles. The van der Waals surface area contributed by atoms with Crippen LogP contribution in [0, 0.1) is 6.92 Å². The van der Waals surface area contributed by atoms with Crippen molar-refractivity contribution in [3.8, 4) is 0 Å². The first-order chi connectivity index (χ1) is 8.62. The highest BCUT2D eigenvalue weighted by Gasteiger charge is 2.29. The third-order valence-corrected chi connectivity index (χ3v) is 4.87. The van der Waals surface area contributed by atoms with Crippen molar-refractivity contribution in [1.82, 2.24) is 0 Å². The van der Waals surface area contributed by atoms with Crippen LogP contribution in [0.25, 0.3) is 0 Å². The first kappa shape index (κ1) is 15.7. The number of hydrogen-bond acceptors (Lipinski definition) is 3. The van der Waals surface area contributed by atoms with E-state index in [0.29, 0.717) is 11.4 Å². The number of nitrogen functional groups attached to an aromatic ring is 1. The Labute approximate surface area is 117 Å². The minimum absolute atomic E-state index is 0.235. The number of nitrogens with one attached hydrogen (secondary N) is 1. The largest absolute Gasteiger partial charge is 0.399 e. The molecule has 106 valence electrons. The number of amides is 1.